The molecule has 0 spiro atoms. The number of rotatable bonds is 3. The van der Waals surface area contributed by atoms with Gasteiger partial charge in [0.15, 0.2) is 0 Å². The molecule has 2 heterocycles. The van der Waals surface area contributed by atoms with Gasteiger partial charge in [0.05, 0.1) is 12.5 Å². The summed E-state index contributed by atoms with van der Waals surface area (Å²) in [5, 5.41) is 0. The van der Waals surface area contributed by atoms with Crippen LogP contribution < -0.4 is 0 Å². The molecule has 0 bridgehead atoms. The SMILES string of the molecule is CCOC(=O)C1CCN(C2CC(C)OC2=O)CC1. The summed E-state index contributed by atoms with van der Waals surface area (Å²) in [6.45, 7) is 5.73. The highest BCUT2D eigenvalue weighted by Gasteiger charge is 2.38. The summed E-state index contributed by atoms with van der Waals surface area (Å²) in [6.07, 6.45) is 2.34. The second-order valence-electron chi connectivity index (χ2n) is 5.06. The summed E-state index contributed by atoms with van der Waals surface area (Å²) in [7, 11) is 0. The topological polar surface area (TPSA) is 55.8 Å². The van der Waals surface area contributed by atoms with E-state index in [1.807, 2.05) is 13.8 Å². The number of hydrogen-bond donors (Lipinski definition) is 0. The van der Waals surface area contributed by atoms with Crippen molar-refractivity contribution in [3.63, 3.8) is 0 Å². The van der Waals surface area contributed by atoms with E-state index in [4.69, 9.17) is 9.47 Å². The zero-order chi connectivity index (χ0) is 13.1. The highest BCUT2D eigenvalue weighted by Crippen LogP contribution is 2.26. The van der Waals surface area contributed by atoms with Gasteiger partial charge in [-0.05, 0) is 39.8 Å². The number of piperidine rings is 1. The van der Waals surface area contributed by atoms with Crippen LogP contribution in [0.1, 0.15) is 33.1 Å². The lowest BCUT2D eigenvalue weighted by atomic mass is 9.95. The quantitative estimate of drug-likeness (QED) is 0.703. The first-order valence-corrected chi connectivity index (χ1v) is 6.73. The average molecular weight is 255 g/mol. The van der Waals surface area contributed by atoms with E-state index in [1.54, 1.807) is 0 Å². The fourth-order valence-corrected chi connectivity index (χ4v) is 2.74. The normalized spacial score (nSPS) is 30.2. The second kappa shape index (κ2) is 5.69. The van der Waals surface area contributed by atoms with Crippen molar-refractivity contribution in [1.82, 2.24) is 4.90 Å². The van der Waals surface area contributed by atoms with Gasteiger partial charge in [0.25, 0.3) is 0 Å². The van der Waals surface area contributed by atoms with E-state index in [1.165, 1.54) is 0 Å². The highest BCUT2D eigenvalue weighted by molar-refractivity contribution is 5.78. The molecule has 2 saturated heterocycles. The van der Waals surface area contributed by atoms with Gasteiger partial charge in [0.1, 0.15) is 12.1 Å². The molecule has 0 N–H and O–H groups in total. The molecule has 0 aromatic rings. The zero-order valence-electron chi connectivity index (χ0n) is 11.1. The first kappa shape index (κ1) is 13.3. The van der Waals surface area contributed by atoms with Gasteiger partial charge in [-0.25, -0.2) is 0 Å². The van der Waals surface area contributed by atoms with Crippen LogP contribution in [-0.2, 0) is 19.1 Å². The van der Waals surface area contributed by atoms with Crippen molar-refractivity contribution in [3.05, 3.63) is 0 Å². The molecule has 0 radical (unpaired) electrons. The lowest BCUT2D eigenvalue weighted by Gasteiger charge is -2.33. The van der Waals surface area contributed by atoms with Gasteiger partial charge in [0.2, 0.25) is 0 Å². The summed E-state index contributed by atoms with van der Waals surface area (Å²) in [4.78, 5) is 25.4. The van der Waals surface area contributed by atoms with E-state index >= 15 is 0 Å². The van der Waals surface area contributed by atoms with Crippen molar-refractivity contribution in [2.75, 3.05) is 19.7 Å². The van der Waals surface area contributed by atoms with Crippen LogP contribution in [-0.4, -0.2) is 48.7 Å². The zero-order valence-corrected chi connectivity index (χ0v) is 11.1. The Hall–Kier alpha value is -1.10. The maximum Gasteiger partial charge on any atom is 0.323 e. The van der Waals surface area contributed by atoms with Crippen molar-refractivity contribution in [2.45, 2.75) is 45.3 Å². The van der Waals surface area contributed by atoms with Gasteiger partial charge in [-0.15, -0.1) is 0 Å². The number of likely N-dealkylation sites (tertiary alicyclic amines) is 1. The molecule has 2 fully saturated rings. The third-order valence-electron chi connectivity index (χ3n) is 3.73. The van der Waals surface area contributed by atoms with E-state index in [9.17, 15) is 9.59 Å². The van der Waals surface area contributed by atoms with Crippen molar-refractivity contribution < 1.29 is 19.1 Å². The van der Waals surface area contributed by atoms with Crippen LogP contribution in [0, 0.1) is 5.92 Å². The lowest BCUT2D eigenvalue weighted by molar-refractivity contribution is -0.150. The van der Waals surface area contributed by atoms with Crippen LogP contribution in [0.4, 0.5) is 0 Å². The molecule has 2 atom stereocenters. The number of carbonyl (C=O) groups excluding carboxylic acids is 2. The van der Waals surface area contributed by atoms with Crippen molar-refractivity contribution in [3.8, 4) is 0 Å². The molecule has 102 valence electrons. The molecular formula is C13H21NO4. The summed E-state index contributed by atoms with van der Waals surface area (Å²) in [5.41, 5.74) is 0. The van der Waals surface area contributed by atoms with Crippen molar-refractivity contribution >= 4 is 11.9 Å². The van der Waals surface area contributed by atoms with E-state index in [0.29, 0.717) is 6.61 Å². The van der Waals surface area contributed by atoms with Crippen molar-refractivity contribution in [1.29, 1.82) is 0 Å². The standard InChI is InChI=1S/C13H21NO4/c1-3-17-12(15)10-4-6-14(7-5-10)11-8-9(2)18-13(11)16/h9-11H,3-8H2,1-2H3. The van der Waals surface area contributed by atoms with E-state index in [-0.39, 0.29) is 30.0 Å². The van der Waals surface area contributed by atoms with Crippen LogP contribution in [0.2, 0.25) is 0 Å². The molecule has 5 heteroatoms. The molecule has 0 saturated carbocycles. The summed E-state index contributed by atoms with van der Waals surface area (Å²) < 4.78 is 10.2. The Morgan fingerprint density at radius 3 is 2.61 bits per heavy atom. The largest absolute Gasteiger partial charge is 0.466 e. The van der Waals surface area contributed by atoms with Crippen molar-refractivity contribution in [2.24, 2.45) is 5.92 Å². The molecule has 5 nitrogen and oxygen atoms in total. The fourth-order valence-electron chi connectivity index (χ4n) is 2.74. The predicted molar refractivity (Wildman–Crippen MR) is 64.9 cm³/mol. The number of nitrogens with zero attached hydrogens (tertiary/aromatic N) is 1. The molecule has 0 amide bonds. The highest BCUT2D eigenvalue weighted by atomic mass is 16.6. The predicted octanol–water partition coefficient (Wildman–Crippen LogP) is 0.966. The second-order valence-corrected chi connectivity index (χ2v) is 5.06. The minimum atomic E-state index is -0.114. The first-order chi connectivity index (χ1) is 8.61. The van der Waals surface area contributed by atoms with Gasteiger partial charge in [-0.1, -0.05) is 0 Å². The molecule has 2 aliphatic rings. The van der Waals surface area contributed by atoms with Crippen LogP contribution >= 0.6 is 0 Å². The fraction of sp³-hybridized carbons (Fsp3) is 0.846. The number of esters is 2. The van der Waals surface area contributed by atoms with Gasteiger partial charge in [-0.3, -0.25) is 14.5 Å². The third-order valence-corrected chi connectivity index (χ3v) is 3.73. The van der Waals surface area contributed by atoms with E-state index < -0.39 is 0 Å². The first-order valence-electron chi connectivity index (χ1n) is 6.73. The molecule has 2 unspecified atom stereocenters. The molecule has 0 aromatic carbocycles. The van der Waals surface area contributed by atoms with Crippen LogP contribution in [0.15, 0.2) is 0 Å². The van der Waals surface area contributed by atoms with E-state index in [0.717, 1.165) is 32.4 Å². The minimum absolute atomic E-state index is 0.00366. The monoisotopic (exact) mass is 255 g/mol. The lowest BCUT2D eigenvalue weighted by Crippen LogP contribution is -2.45. The molecule has 18 heavy (non-hydrogen) atoms. The Kier molecular flexibility index (Phi) is 4.22. The molecule has 2 rings (SSSR count). The average Bonchev–Trinajstić information content (AvgIpc) is 2.69. The smallest absolute Gasteiger partial charge is 0.323 e. The van der Waals surface area contributed by atoms with Crippen LogP contribution in [0.3, 0.4) is 0 Å². The number of cyclic esters (lactones) is 1. The third kappa shape index (κ3) is 2.83. The van der Waals surface area contributed by atoms with Gasteiger partial charge >= 0.3 is 11.9 Å². The van der Waals surface area contributed by atoms with Crippen LogP contribution in [0.5, 0.6) is 0 Å². The maximum absolute atomic E-state index is 11.6. The minimum Gasteiger partial charge on any atom is -0.466 e. The number of carbonyl (C=O) groups is 2. The molecular weight excluding hydrogens is 234 g/mol. The Bertz CT molecular complexity index is 323. The maximum atomic E-state index is 11.6. The van der Waals surface area contributed by atoms with Gasteiger partial charge in [0, 0.05) is 6.42 Å². The van der Waals surface area contributed by atoms with E-state index in [2.05, 4.69) is 4.90 Å². The Morgan fingerprint density at radius 2 is 2.11 bits per heavy atom. The summed E-state index contributed by atoms with van der Waals surface area (Å²) in [6, 6.07) is -0.108. The summed E-state index contributed by atoms with van der Waals surface area (Å²) in [5.74, 6) is -0.215. The number of ether oxygens (including phenoxy) is 2. The Labute approximate surface area is 107 Å². The molecule has 0 aliphatic carbocycles. The number of hydrogen-bond acceptors (Lipinski definition) is 5. The van der Waals surface area contributed by atoms with Gasteiger partial charge in [-0.2, -0.15) is 0 Å². The Morgan fingerprint density at radius 1 is 1.44 bits per heavy atom. The van der Waals surface area contributed by atoms with Crippen LogP contribution in [0.25, 0.3) is 0 Å². The summed E-state index contributed by atoms with van der Waals surface area (Å²) >= 11 is 0. The Balaban J connectivity index is 1.83. The molecule has 2 aliphatic heterocycles. The molecule has 0 aromatic heterocycles. The van der Waals surface area contributed by atoms with Gasteiger partial charge < -0.3 is 9.47 Å².